The molecule has 0 bridgehead atoms. The van der Waals surface area contributed by atoms with Gasteiger partial charge in [0.25, 0.3) is 0 Å². The van der Waals surface area contributed by atoms with Gasteiger partial charge in [-0.05, 0) is 19.4 Å². The number of aliphatic hydroxyl groups excluding tert-OH is 1. The molecule has 0 saturated heterocycles. The standard InChI is InChI=1S/C13H19NO2S/c1-10-3-5-12(6-4-10)8-17-9-13(16)14-7-11(2)15/h3-6,11,15H,7-9H2,1-2H3,(H,14,16). The van der Waals surface area contributed by atoms with Crippen LogP contribution >= 0.6 is 11.8 Å². The van der Waals surface area contributed by atoms with E-state index in [2.05, 4.69) is 36.5 Å². The van der Waals surface area contributed by atoms with Crippen molar-refractivity contribution in [2.24, 2.45) is 0 Å². The molecular weight excluding hydrogens is 234 g/mol. The van der Waals surface area contributed by atoms with E-state index < -0.39 is 6.10 Å². The molecule has 1 aromatic carbocycles. The van der Waals surface area contributed by atoms with Gasteiger partial charge in [0.2, 0.25) is 5.91 Å². The zero-order chi connectivity index (χ0) is 12.7. The van der Waals surface area contributed by atoms with Gasteiger partial charge in [-0.1, -0.05) is 29.8 Å². The highest BCUT2D eigenvalue weighted by Crippen LogP contribution is 2.12. The molecule has 4 heteroatoms. The summed E-state index contributed by atoms with van der Waals surface area (Å²) >= 11 is 1.58. The van der Waals surface area contributed by atoms with Crippen LogP contribution in [-0.4, -0.2) is 29.4 Å². The fourth-order valence-electron chi connectivity index (χ4n) is 1.26. The quantitative estimate of drug-likeness (QED) is 0.811. The van der Waals surface area contributed by atoms with Gasteiger partial charge in [-0.3, -0.25) is 4.79 Å². The van der Waals surface area contributed by atoms with Gasteiger partial charge in [-0.25, -0.2) is 0 Å². The number of hydrogen-bond acceptors (Lipinski definition) is 3. The van der Waals surface area contributed by atoms with Crippen LogP contribution in [0.2, 0.25) is 0 Å². The summed E-state index contributed by atoms with van der Waals surface area (Å²) in [6, 6.07) is 8.30. The van der Waals surface area contributed by atoms with E-state index in [1.165, 1.54) is 11.1 Å². The van der Waals surface area contributed by atoms with E-state index in [0.717, 1.165) is 5.75 Å². The Kier molecular flexibility index (Phi) is 6.08. The van der Waals surface area contributed by atoms with Gasteiger partial charge in [0.15, 0.2) is 0 Å². The molecule has 2 N–H and O–H groups in total. The Labute approximate surface area is 107 Å². The molecule has 0 aliphatic rings. The van der Waals surface area contributed by atoms with Crippen LogP contribution in [0.15, 0.2) is 24.3 Å². The van der Waals surface area contributed by atoms with Crippen molar-refractivity contribution in [2.45, 2.75) is 25.7 Å². The minimum atomic E-state index is -0.485. The van der Waals surface area contributed by atoms with Gasteiger partial charge in [-0.15, -0.1) is 11.8 Å². The summed E-state index contributed by atoms with van der Waals surface area (Å²) in [6.45, 7) is 4.03. The maximum atomic E-state index is 11.3. The minimum absolute atomic E-state index is 0.0250. The summed E-state index contributed by atoms with van der Waals surface area (Å²) in [7, 11) is 0. The SMILES string of the molecule is Cc1ccc(CSCC(=O)NCC(C)O)cc1. The normalized spacial score (nSPS) is 12.2. The Morgan fingerprint density at radius 2 is 2.06 bits per heavy atom. The number of aliphatic hydroxyl groups is 1. The van der Waals surface area contributed by atoms with Crippen LogP contribution in [-0.2, 0) is 10.5 Å². The molecule has 1 atom stereocenters. The highest BCUT2D eigenvalue weighted by atomic mass is 32.2. The molecular formula is C13H19NO2S. The molecule has 1 amide bonds. The Balaban J connectivity index is 2.19. The average Bonchev–Trinajstić information content (AvgIpc) is 2.29. The first-order valence-electron chi connectivity index (χ1n) is 5.66. The second-order valence-electron chi connectivity index (χ2n) is 4.13. The Morgan fingerprint density at radius 1 is 1.41 bits per heavy atom. The zero-order valence-electron chi connectivity index (χ0n) is 10.3. The monoisotopic (exact) mass is 253 g/mol. The Bertz CT molecular complexity index is 349. The van der Waals surface area contributed by atoms with Gasteiger partial charge in [-0.2, -0.15) is 0 Å². The number of rotatable bonds is 6. The van der Waals surface area contributed by atoms with Crippen LogP contribution in [0.4, 0.5) is 0 Å². The Hall–Kier alpha value is -1.00. The lowest BCUT2D eigenvalue weighted by atomic mass is 10.2. The van der Waals surface area contributed by atoms with Crippen molar-refractivity contribution in [3.8, 4) is 0 Å². The van der Waals surface area contributed by atoms with Crippen LogP contribution in [0.1, 0.15) is 18.1 Å². The van der Waals surface area contributed by atoms with Crippen LogP contribution in [0, 0.1) is 6.92 Å². The van der Waals surface area contributed by atoms with E-state index in [0.29, 0.717) is 12.3 Å². The molecule has 17 heavy (non-hydrogen) atoms. The molecule has 0 saturated carbocycles. The highest BCUT2D eigenvalue weighted by molar-refractivity contribution is 7.99. The topological polar surface area (TPSA) is 49.3 Å². The smallest absolute Gasteiger partial charge is 0.230 e. The number of benzene rings is 1. The molecule has 0 heterocycles. The first-order chi connectivity index (χ1) is 8.08. The van der Waals surface area contributed by atoms with Crippen LogP contribution in [0.25, 0.3) is 0 Å². The molecule has 0 fully saturated rings. The van der Waals surface area contributed by atoms with E-state index >= 15 is 0 Å². The van der Waals surface area contributed by atoms with E-state index in [9.17, 15) is 4.79 Å². The van der Waals surface area contributed by atoms with Crippen molar-refractivity contribution in [3.63, 3.8) is 0 Å². The third kappa shape index (κ3) is 6.34. The number of carbonyl (C=O) groups is 1. The van der Waals surface area contributed by atoms with E-state index in [1.54, 1.807) is 18.7 Å². The first kappa shape index (κ1) is 14.1. The summed E-state index contributed by atoms with van der Waals surface area (Å²) in [5.41, 5.74) is 2.47. The van der Waals surface area contributed by atoms with Crippen LogP contribution < -0.4 is 5.32 Å². The number of hydrogen-bond donors (Lipinski definition) is 2. The van der Waals surface area contributed by atoms with Crippen molar-refractivity contribution >= 4 is 17.7 Å². The van der Waals surface area contributed by atoms with E-state index in [4.69, 9.17) is 5.11 Å². The maximum Gasteiger partial charge on any atom is 0.230 e. The lowest BCUT2D eigenvalue weighted by molar-refractivity contribution is -0.118. The molecule has 1 aromatic rings. The molecule has 94 valence electrons. The fourth-order valence-corrected chi connectivity index (χ4v) is 2.08. The highest BCUT2D eigenvalue weighted by Gasteiger charge is 2.03. The summed E-state index contributed by atoms with van der Waals surface area (Å²) in [5, 5.41) is 11.7. The first-order valence-corrected chi connectivity index (χ1v) is 6.81. The molecule has 0 aliphatic carbocycles. The van der Waals surface area contributed by atoms with Gasteiger partial charge >= 0.3 is 0 Å². The second-order valence-corrected chi connectivity index (χ2v) is 5.12. The molecule has 3 nitrogen and oxygen atoms in total. The molecule has 0 aromatic heterocycles. The van der Waals surface area contributed by atoms with Crippen molar-refractivity contribution in [2.75, 3.05) is 12.3 Å². The van der Waals surface area contributed by atoms with Gasteiger partial charge < -0.3 is 10.4 Å². The Morgan fingerprint density at radius 3 is 2.65 bits per heavy atom. The number of nitrogens with one attached hydrogen (secondary N) is 1. The summed E-state index contributed by atoms with van der Waals surface area (Å²) in [4.78, 5) is 11.3. The van der Waals surface area contributed by atoms with Crippen molar-refractivity contribution in [1.82, 2.24) is 5.32 Å². The van der Waals surface area contributed by atoms with Crippen molar-refractivity contribution in [3.05, 3.63) is 35.4 Å². The zero-order valence-corrected chi connectivity index (χ0v) is 11.1. The van der Waals surface area contributed by atoms with Gasteiger partial charge in [0.1, 0.15) is 0 Å². The van der Waals surface area contributed by atoms with E-state index in [-0.39, 0.29) is 5.91 Å². The number of amides is 1. The average molecular weight is 253 g/mol. The second kappa shape index (κ2) is 7.35. The van der Waals surface area contributed by atoms with Crippen LogP contribution in [0.5, 0.6) is 0 Å². The molecule has 0 aliphatic heterocycles. The van der Waals surface area contributed by atoms with Gasteiger partial charge in [0.05, 0.1) is 11.9 Å². The predicted octanol–water partition coefficient (Wildman–Crippen LogP) is 1.73. The lowest BCUT2D eigenvalue weighted by Gasteiger charge is -2.07. The maximum absolute atomic E-state index is 11.3. The summed E-state index contributed by atoms with van der Waals surface area (Å²) in [5.74, 6) is 1.24. The number of carbonyl (C=O) groups excluding carboxylic acids is 1. The molecule has 0 spiro atoms. The van der Waals surface area contributed by atoms with Crippen molar-refractivity contribution in [1.29, 1.82) is 0 Å². The van der Waals surface area contributed by atoms with Crippen molar-refractivity contribution < 1.29 is 9.90 Å². The summed E-state index contributed by atoms with van der Waals surface area (Å²) in [6.07, 6.45) is -0.485. The predicted molar refractivity (Wildman–Crippen MR) is 72.0 cm³/mol. The van der Waals surface area contributed by atoms with E-state index in [1.807, 2.05) is 0 Å². The lowest BCUT2D eigenvalue weighted by Crippen LogP contribution is -2.31. The summed E-state index contributed by atoms with van der Waals surface area (Å²) < 4.78 is 0. The number of aryl methyl sites for hydroxylation is 1. The largest absolute Gasteiger partial charge is 0.392 e. The molecule has 1 rings (SSSR count). The minimum Gasteiger partial charge on any atom is -0.392 e. The molecule has 1 unspecified atom stereocenters. The van der Waals surface area contributed by atoms with Crippen LogP contribution in [0.3, 0.4) is 0 Å². The molecule has 0 radical (unpaired) electrons. The third-order valence-corrected chi connectivity index (χ3v) is 3.22. The number of thioether (sulfide) groups is 1. The third-order valence-electron chi connectivity index (χ3n) is 2.22. The van der Waals surface area contributed by atoms with Gasteiger partial charge in [0, 0.05) is 12.3 Å². The fraction of sp³-hybridized carbons (Fsp3) is 0.462.